The van der Waals surface area contributed by atoms with Gasteiger partial charge in [0.2, 0.25) is 5.91 Å². The van der Waals surface area contributed by atoms with E-state index in [2.05, 4.69) is 135 Å². The van der Waals surface area contributed by atoms with Crippen LogP contribution >= 0.6 is 7.82 Å². The number of rotatable bonds is 62. The van der Waals surface area contributed by atoms with Crippen molar-refractivity contribution >= 4 is 19.7 Å². The van der Waals surface area contributed by atoms with Gasteiger partial charge in [-0.25, -0.2) is 0 Å². The lowest BCUT2D eigenvalue weighted by Crippen LogP contribution is -2.47. The molecule has 0 radical (unpaired) electrons. The summed E-state index contributed by atoms with van der Waals surface area (Å²) in [6.07, 6.45) is 88.8. The maximum atomic E-state index is 13.6. The Kier molecular flexibility index (Phi) is 60.8. The monoisotopic (exact) mass is 1200 g/mol. The SMILES string of the molecule is CC/C=C\C/C=C\C/C=C\C/C=C\C/C=C\CCCCCCCCCCCC(=O)NC(COP(=O)([O-])OCC[N+](C)(C)C)C(/C=C/CCCCCCCCCCC)OC(=O)CCCCCCCCC/C=C\C/C=C\C/C=C\C/C=C\CCCCC. The van der Waals surface area contributed by atoms with E-state index in [0.29, 0.717) is 23.9 Å². The molecule has 1 amide bonds. The third-order valence-electron chi connectivity index (χ3n) is 14.9. The Hall–Kier alpha value is -3.59. The molecule has 0 bridgehead atoms. The normalized spacial score (nSPS) is 14.3. The molecular formula is C75H131N2O7P. The molecule has 10 heteroatoms. The minimum absolute atomic E-state index is 0.0315. The molecule has 0 saturated heterocycles. The Balaban J connectivity index is 5.11. The van der Waals surface area contributed by atoms with Gasteiger partial charge in [-0.2, -0.15) is 0 Å². The highest BCUT2D eigenvalue weighted by atomic mass is 31.2. The Labute approximate surface area is 524 Å². The van der Waals surface area contributed by atoms with E-state index in [9.17, 15) is 19.0 Å². The maximum Gasteiger partial charge on any atom is 0.306 e. The van der Waals surface area contributed by atoms with Crippen LogP contribution in [-0.2, 0) is 27.9 Å². The Bertz CT molecular complexity index is 1870. The summed E-state index contributed by atoms with van der Waals surface area (Å²) in [5.41, 5.74) is 0. The molecule has 3 unspecified atom stereocenters. The zero-order valence-electron chi connectivity index (χ0n) is 55.8. The fourth-order valence-electron chi connectivity index (χ4n) is 9.53. The number of carbonyl (C=O) groups is 2. The van der Waals surface area contributed by atoms with Crippen molar-refractivity contribution in [1.82, 2.24) is 5.32 Å². The van der Waals surface area contributed by atoms with E-state index in [0.717, 1.165) is 128 Å². The first kappa shape index (κ1) is 81.4. The predicted octanol–water partition coefficient (Wildman–Crippen LogP) is 21.6. The number of likely N-dealkylation sites (N-methyl/N-ethyl adjacent to an activating group) is 1. The molecule has 0 aromatic heterocycles. The second-order valence-electron chi connectivity index (χ2n) is 24.3. The van der Waals surface area contributed by atoms with Gasteiger partial charge in [0, 0.05) is 12.8 Å². The first-order valence-electron chi connectivity index (χ1n) is 34.8. The van der Waals surface area contributed by atoms with Gasteiger partial charge in [-0.1, -0.05) is 277 Å². The van der Waals surface area contributed by atoms with Crippen molar-refractivity contribution in [3.8, 4) is 0 Å². The molecule has 0 saturated carbocycles. The lowest BCUT2D eigenvalue weighted by Gasteiger charge is -2.30. The number of hydrogen-bond donors (Lipinski definition) is 1. The first-order chi connectivity index (χ1) is 41.4. The van der Waals surface area contributed by atoms with Crippen molar-refractivity contribution in [2.24, 2.45) is 0 Å². The second-order valence-corrected chi connectivity index (χ2v) is 25.7. The van der Waals surface area contributed by atoms with Gasteiger partial charge in [0.15, 0.2) is 0 Å². The van der Waals surface area contributed by atoms with E-state index in [4.69, 9.17) is 13.8 Å². The summed E-state index contributed by atoms with van der Waals surface area (Å²) in [5.74, 6) is -0.564. The van der Waals surface area contributed by atoms with Gasteiger partial charge in [-0.3, -0.25) is 14.2 Å². The predicted molar refractivity (Wildman–Crippen MR) is 367 cm³/mol. The lowest BCUT2D eigenvalue weighted by molar-refractivity contribution is -0.870. The zero-order valence-corrected chi connectivity index (χ0v) is 56.7. The van der Waals surface area contributed by atoms with Crippen LogP contribution in [0.1, 0.15) is 290 Å². The molecule has 0 aliphatic rings. The van der Waals surface area contributed by atoms with Crippen LogP contribution in [0, 0.1) is 0 Å². The highest BCUT2D eigenvalue weighted by Crippen LogP contribution is 2.38. The number of carbonyl (C=O) groups excluding carboxylic acids is 2. The Morgan fingerprint density at radius 3 is 1.15 bits per heavy atom. The number of hydrogen-bond acceptors (Lipinski definition) is 7. The van der Waals surface area contributed by atoms with Crippen LogP contribution in [0.4, 0.5) is 0 Å². The molecule has 9 nitrogen and oxygen atoms in total. The van der Waals surface area contributed by atoms with Crippen LogP contribution in [0.15, 0.2) is 122 Å². The number of allylic oxidation sites excluding steroid dienone is 19. The van der Waals surface area contributed by atoms with Gasteiger partial charge >= 0.3 is 5.97 Å². The number of nitrogens with one attached hydrogen (secondary N) is 1. The zero-order chi connectivity index (χ0) is 62.1. The largest absolute Gasteiger partial charge is 0.756 e. The quantitative estimate of drug-likeness (QED) is 0.0212. The maximum absolute atomic E-state index is 13.6. The topological polar surface area (TPSA) is 114 Å². The van der Waals surface area contributed by atoms with Gasteiger partial charge in [0.1, 0.15) is 19.3 Å². The number of ether oxygens (including phenoxy) is 1. The molecular weight excluding hydrogens is 1070 g/mol. The summed E-state index contributed by atoms with van der Waals surface area (Å²) in [4.78, 5) is 40.2. The smallest absolute Gasteiger partial charge is 0.306 e. The van der Waals surface area contributed by atoms with Crippen molar-refractivity contribution in [3.05, 3.63) is 122 Å². The van der Waals surface area contributed by atoms with Crippen LogP contribution in [-0.4, -0.2) is 69.4 Å². The number of phosphoric ester groups is 1. The minimum atomic E-state index is -4.72. The third kappa shape index (κ3) is 64.7. The molecule has 1 N–H and O–H groups in total. The number of quaternary nitrogens is 1. The molecule has 0 spiro atoms. The summed E-state index contributed by atoms with van der Waals surface area (Å²) < 4.78 is 30.4. The van der Waals surface area contributed by atoms with Gasteiger partial charge in [0.05, 0.1) is 33.8 Å². The summed E-state index contributed by atoms with van der Waals surface area (Å²) in [7, 11) is 1.16. The molecule has 85 heavy (non-hydrogen) atoms. The van der Waals surface area contributed by atoms with E-state index in [1.54, 1.807) is 0 Å². The van der Waals surface area contributed by atoms with Crippen molar-refractivity contribution in [3.63, 3.8) is 0 Å². The lowest BCUT2D eigenvalue weighted by atomic mass is 10.0. The first-order valence-corrected chi connectivity index (χ1v) is 36.3. The fourth-order valence-corrected chi connectivity index (χ4v) is 10.3. The van der Waals surface area contributed by atoms with E-state index in [1.165, 1.54) is 122 Å². The van der Waals surface area contributed by atoms with Gasteiger partial charge in [-0.15, -0.1) is 0 Å². The van der Waals surface area contributed by atoms with Crippen LogP contribution in [0.3, 0.4) is 0 Å². The van der Waals surface area contributed by atoms with Crippen molar-refractivity contribution in [2.75, 3.05) is 40.9 Å². The van der Waals surface area contributed by atoms with Crippen molar-refractivity contribution in [2.45, 2.75) is 303 Å². The molecule has 0 fully saturated rings. The minimum Gasteiger partial charge on any atom is -0.756 e. The highest BCUT2D eigenvalue weighted by Gasteiger charge is 2.27. The van der Waals surface area contributed by atoms with Crippen LogP contribution < -0.4 is 10.2 Å². The Morgan fingerprint density at radius 2 is 0.753 bits per heavy atom. The van der Waals surface area contributed by atoms with Gasteiger partial charge < -0.3 is 28.5 Å². The third-order valence-corrected chi connectivity index (χ3v) is 15.8. The molecule has 0 aliphatic heterocycles. The van der Waals surface area contributed by atoms with Gasteiger partial charge in [-0.05, 0) is 122 Å². The molecule has 0 rings (SSSR count). The molecule has 0 aromatic carbocycles. The number of unbranched alkanes of at least 4 members (excludes halogenated alkanes) is 28. The molecule has 0 heterocycles. The Morgan fingerprint density at radius 1 is 0.424 bits per heavy atom. The van der Waals surface area contributed by atoms with Crippen LogP contribution in [0.2, 0.25) is 0 Å². The number of nitrogens with zero attached hydrogens (tertiary/aromatic N) is 1. The van der Waals surface area contributed by atoms with Gasteiger partial charge in [0.25, 0.3) is 7.82 Å². The summed E-state index contributed by atoms with van der Waals surface area (Å²) in [5, 5.41) is 3.03. The van der Waals surface area contributed by atoms with Crippen molar-refractivity contribution < 1.29 is 37.3 Å². The molecule has 0 aliphatic carbocycles. The molecule has 3 atom stereocenters. The second kappa shape index (κ2) is 63.4. The van der Waals surface area contributed by atoms with Crippen molar-refractivity contribution in [1.29, 1.82) is 0 Å². The standard InChI is InChI=1S/C75H131N2O7P/c1-7-10-13-16-19-22-25-27-29-31-33-35-37-38-40-41-43-45-47-49-52-55-58-61-64-67-74(78)76-72(71-83-85(80,81)82-70-69-77(4,5)6)73(66-63-60-57-54-51-24-21-18-15-12-9-3)84-75(79)68-65-62-59-56-53-50-48-46-44-42-39-36-34-32-30-28-26-23-20-17-14-11-8-2/h10,13,19-20,22-23,27-30,33-36,38,40,42,44,63,66,72-73H,7-9,11-12,14-18,21,24-26,31-32,37,39,41,43,45-62,64-65,67-71H2,1-6H3,(H-,76,78,80,81)/b13-10-,22-19-,23-20-,29-27-,30-28-,35-33-,36-34-,40-38-,44-42-,66-63+. The fraction of sp³-hybridized carbons (Fsp3) is 0.707. The number of esters is 1. The summed E-state index contributed by atoms with van der Waals surface area (Å²) >= 11 is 0. The van der Waals surface area contributed by atoms with E-state index in [-0.39, 0.29) is 24.9 Å². The number of amides is 1. The summed E-state index contributed by atoms with van der Waals surface area (Å²) in [6, 6.07) is -0.905. The molecule has 488 valence electrons. The molecule has 0 aromatic rings. The van der Waals surface area contributed by atoms with Crippen LogP contribution in [0.5, 0.6) is 0 Å². The van der Waals surface area contributed by atoms with E-state index >= 15 is 0 Å². The average Bonchev–Trinajstić information content (AvgIpc) is 3.64. The van der Waals surface area contributed by atoms with E-state index < -0.39 is 26.6 Å². The average molecular weight is 1200 g/mol. The highest BCUT2D eigenvalue weighted by molar-refractivity contribution is 7.45. The van der Waals surface area contributed by atoms with Crippen LogP contribution in [0.25, 0.3) is 0 Å². The summed E-state index contributed by atoms with van der Waals surface area (Å²) in [6.45, 7) is 6.69. The number of phosphoric acid groups is 1. The van der Waals surface area contributed by atoms with E-state index in [1.807, 2.05) is 33.3 Å².